The van der Waals surface area contributed by atoms with Crippen LogP contribution in [0, 0.1) is 19.3 Å². The molecule has 0 aromatic heterocycles. The van der Waals surface area contributed by atoms with E-state index in [1.807, 2.05) is 38.1 Å². The fourth-order valence-electron chi connectivity index (χ4n) is 2.55. The average Bonchev–Trinajstić information content (AvgIpc) is 2.54. The van der Waals surface area contributed by atoms with Gasteiger partial charge in [-0.1, -0.05) is 23.7 Å². The summed E-state index contributed by atoms with van der Waals surface area (Å²) in [6.07, 6.45) is 0. The number of hydrogen-bond donors (Lipinski definition) is 1. The Morgan fingerprint density at radius 1 is 1.13 bits per heavy atom. The second kappa shape index (κ2) is 7.05. The second-order valence-corrected chi connectivity index (χ2v) is 6.29. The van der Waals surface area contributed by atoms with Gasteiger partial charge in [-0.05, 0) is 56.2 Å². The molecule has 0 unspecified atom stereocenters. The van der Waals surface area contributed by atoms with Crippen LogP contribution in [0.25, 0.3) is 0 Å². The summed E-state index contributed by atoms with van der Waals surface area (Å²) in [5.41, 5.74) is 5.27. The number of amidine groups is 1. The van der Waals surface area contributed by atoms with Crippen molar-refractivity contribution in [2.45, 2.75) is 20.8 Å². The van der Waals surface area contributed by atoms with Crippen molar-refractivity contribution in [3.05, 3.63) is 58.1 Å². The smallest absolute Gasteiger partial charge is 0.129 e. The summed E-state index contributed by atoms with van der Waals surface area (Å²) in [5.74, 6) is 0.449. The number of halogens is 1. The first-order valence-electron chi connectivity index (χ1n) is 7.75. The Hall–Kier alpha value is -2.00. The van der Waals surface area contributed by atoms with Gasteiger partial charge in [0, 0.05) is 37.6 Å². The number of nitrogens with zero attached hydrogens (tertiary/aromatic N) is 2. The Kier molecular flexibility index (Phi) is 5.32. The van der Waals surface area contributed by atoms with E-state index < -0.39 is 0 Å². The van der Waals surface area contributed by atoms with Crippen molar-refractivity contribution < 1.29 is 0 Å². The molecule has 0 aliphatic heterocycles. The van der Waals surface area contributed by atoms with E-state index in [2.05, 4.69) is 43.0 Å². The molecule has 0 saturated heterocycles. The lowest BCUT2D eigenvalue weighted by atomic mass is 10.1. The minimum Gasteiger partial charge on any atom is -0.360 e. The minimum absolute atomic E-state index is 0.449. The lowest BCUT2D eigenvalue weighted by molar-refractivity contribution is 0.533. The number of rotatable bonds is 4. The molecule has 1 N–H and O–H groups in total. The number of hydrogen-bond acceptors (Lipinski definition) is 2. The van der Waals surface area contributed by atoms with Gasteiger partial charge in [-0.15, -0.1) is 0 Å². The van der Waals surface area contributed by atoms with Gasteiger partial charge in [-0.2, -0.15) is 0 Å². The van der Waals surface area contributed by atoms with Gasteiger partial charge in [0.05, 0.1) is 5.02 Å². The van der Waals surface area contributed by atoms with E-state index in [-0.39, 0.29) is 0 Å². The third kappa shape index (κ3) is 3.67. The quantitative estimate of drug-likeness (QED) is 0.632. The Balaban J connectivity index is 2.42. The predicted octanol–water partition coefficient (Wildman–Crippen LogP) is 5.00. The van der Waals surface area contributed by atoms with Crippen LogP contribution < -0.4 is 4.90 Å². The van der Waals surface area contributed by atoms with Crippen LogP contribution >= 0.6 is 11.6 Å². The van der Waals surface area contributed by atoms with Crippen molar-refractivity contribution in [1.82, 2.24) is 4.90 Å². The van der Waals surface area contributed by atoms with Gasteiger partial charge in [-0.3, -0.25) is 5.41 Å². The van der Waals surface area contributed by atoms with Crippen molar-refractivity contribution >= 4 is 28.8 Å². The fourth-order valence-corrected chi connectivity index (χ4v) is 2.80. The molecule has 0 atom stereocenters. The topological polar surface area (TPSA) is 30.3 Å². The SMILES string of the molecule is CCN(C)C(=N)c1cc(C)c(N(C)c2cccc(C)c2)cc1Cl. The fraction of sp³-hybridized carbons (Fsp3) is 0.316. The molecule has 2 rings (SSSR count). The molecule has 4 heteroatoms. The highest BCUT2D eigenvalue weighted by molar-refractivity contribution is 6.34. The largest absolute Gasteiger partial charge is 0.360 e. The van der Waals surface area contributed by atoms with Gasteiger partial charge >= 0.3 is 0 Å². The van der Waals surface area contributed by atoms with Crippen LogP contribution in [-0.2, 0) is 0 Å². The van der Waals surface area contributed by atoms with Crippen LogP contribution in [0.15, 0.2) is 36.4 Å². The normalized spacial score (nSPS) is 10.5. The lowest BCUT2D eigenvalue weighted by Crippen LogP contribution is -2.26. The molecule has 0 radical (unpaired) electrons. The summed E-state index contributed by atoms with van der Waals surface area (Å²) in [7, 11) is 3.94. The summed E-state index contributed by atoms with van der Waals surface area (Å²) in [4.78, 5) is 4.01. The van der Waals surface area contributed by atoms with Gasteiger partial charge < -0.3 is 9.80 Å². The predicted molar refractivity (Wildman–Crippen MR) is 101 cm³/mol. The highest BCUT2D eigenvalue weighted by Gasteiger charge is 2.15. The maximum Gasteiger partial charge on any atom is 0.129 e. The van der Waals surface area contributed by atoms with Gasteiger partial charge in [0.15, 0.2) is 0 Å². The van der Waals surface area contributed by atoms with Crippen molar-refractivity contribution in [1.29, 1.82) is 5.41 Å². The molecule has 0 spiro atoms. The van der Waals surface area contributed by atoms with Crippen molar-refractivity contribution in [2.24, 2.45) is 0 Å². The van der Waals surface area contributed by atoms with Crippen LogP contribution in [0.3, 0.4) is 0 Å². The molecular weight excluding hydrogens is 306 g/mol. The highest BCUT2D eigenvalue weighted by atomic mass is 35.5. The van der Waals surface area contributed by atoms with Crippen LogP contribution in [-0.4, -0.2) is 31.4 Å². The zero-order valence-electron chi connectivity index (χ0n) is 14.4. The Morgan fingerprint density at radius 3 is 2.43 bits per heavy atom. The third-order valence-corrected chi connectivity index (χ3v) is 4.46. The lowest BCUT2D eigenvalue weighted by Gasteiger charge is -2.25. The van der Waals surface area contributed by atoms with E-state index in [9.17, 15) is 0 Å². The molecule has 2 aromatic rings. The first-order valence-corrected chi connectivity index (χ1v) is 8.13. The van der Waals surface area contributed by atoms with E-state index >= 15 is 0 Å². The third-order valence-electron chi connectivity index (χ3n) is 4.15. The number of benzene rings is 2. The van der Waals surface area contributed by atoms with Crippen LogP contribution in [0.4, 0.5) is 11.4 Å². The van der Waals surface area contributed by atoms with E-state index in [4.69, 9.17) is 17.0 Å². The zero-order valence-corrected chi connectivity index (χ0v) is 15.2. The molecule has 0 saturated carbocycles. The molecule has 0 heterocycles. The van der Waals surface area contributed by atoms with E-state index in [0.29, 0.717) is 10.9 Å². The molecule has 122 valence electrons. The molecule has 0 fully saturated rings. The van der Waals surface area contributed by atoms with E-state index in [1.54, 1.807) is 0 Å². The second-order valence-electron chi connectivity index (χ2n) is 5.88. The zero-order chi connectivity index (χ0) is 17.1. The average molecular weight is 330 g/mol. The van der Waals surface area contributed by atoms with Crippen LogP contribution in [0.5, 0.6) is 0 Å². The first-order chi connectivity index (χ1) is 10.8. The number of nitrogens with one attached hydrogen (secondary N) is 1. The maximum absolute atomic E-state index is 8.27. The standard InChI is InChI=1S/C19H24ClN3/c1-6-22(4)19(21)16-11-14(3)18(12-17(16)20)23(5)15-9-7-8-13(2)10-15/h7-12,21H,6H2,1-5H3. The highest BCUT2D eigenvalue weighted by Crippen LogP contribution is 2.32. The Labute approximate surface area is 144 Å². The molecule has 2 aromatic carbocycles. The summed E-state index contributed by atoms with van der Waals surface area (Å²) in [5, 5.41) is 8.88. The Morgan fingerprint density at radius 2 is 1.83 bits per heavy atom. The van der Waals surface area contributed by atoms with Gasteiger partial charge in [0.25, 0.3) is 0 Å². The molecule has 23 heavy (non-hydrogen) atoms. The molecule has 0 amide bonds. The van der Waals surface area contributed by atoms with Crippen molar-refractivity contribution in [3.63, 3.8) is 0 Å². The molecular formula is C19H24ClN3. The summed E-state index contributed by atoms with van der Waals surface area (Å²) in [6.45, 7) is 6.94. The van der Waals surface area contributed by atoms with E-state index in [0.717, 1.165) is 29.0 Å². The van der Waals surface area contributed by atoms with Gasteiger partial charge in [-0.25, -0.2) is 0 Å². The number of anilines is 2. The minimum atomic E-state index is 0.449. The van der Waals surface area contributed by atoms with Gasteiger partial charge in [0.1, 0.15) is 5.84 Å². The van der Waals surface area contributed by atoms with Gasteiger partial charge in [0.2, 0.25) is 0 Å². The first kappa shape index (κ1) is 17.4. The maximum atomic E-state index is 8.27. The summed E-state index contributed by atoms with van der Waals surface area (Å²) < 4.78 is 0. The molecule has 3 nitrogen and oxygen atoms in total. The van der Waals surface area contributed by atoms with Crippen molar-refractivity contribution in [3.8, 4) is 0 Å². The van der Waals surface area contributed by atoms with Crippen LogP contribution in [0.2, 0.25) is 5.02 Å². The van der Waals surface area contributed by atoms with Crippen molar-refractivity contribution in [2.75, 3.05) is 25.5 Å². The summed E-state index contributed by atoms with van der Waals surface area (Å²) >= 11 is 6.47. The number of aryl methyl sites for hydroxylation is 2. The van der Waals surface area contributed by atoms with E-state index in [1.165, 1.54) is 5.56 Å². The molecule has 0 aliphatic carbocycles. The monoisotopic (exact) mass is 329 g/mol. The Bertz CT molecular complexity index is 725. The molecule has 0 aliphatic rings. The van der Waals surface area contributed by atoms with Crippen LogP contribution in [0.1, 0.15) is 23.6 Å². The molecule has 0 bridgehead atoms. The summed E-state index contributed by atoms with van der Waals surface area (Å²) in [6, 6.07) is 12.3.